The number of anilines is 1. The first kappa shape index (κ1) is 16.0. The molecule has 0 radical (unpaired) electrons. The lowest BCUT2D eigenvalue weighted by Gasteiger charge is -2.16. The molecule has 0 N–H and O–H groups in total. The Labute approximate surface area is 143 Å². The van der Waals surface area contributed by atoms with E-state index in [1.54, 1.807) is 6.08 Å². The summed E-state index contributed by atoms with van der Waals surface area (Å²) in [7, 11) is 2.06. The van der Waals surface area contributed by atoms with Gasteiger partial charge in [0.05, 0.1) is 0 Å². The van der Waals surface area contributed by atoms with Crippen molar-refractivity contribution in [2.75, 3.05) is 18.5 Å². The number of ketones is 1. The Morgan fingerprint density at radius 3 is 2.38 bits per heavy atom. The zero-order valence-electron chi connectivity index (χ0n) is 14.1. The van der Waals surface area contributed by atoms with Gasteiger partial charge in [0.15, 0.2) is 5.78 Å². The first-order chi connectivity index (χ1) is 11.7. The molecule has 0 atom stereocenters. The van der Waals surface area contributed by atoms with Crippen LogP contribution in [-0.4, -0.2) is 19.4 Å². The number of carbonyl (C=O) groups is 1. The number of benzene rings is 3. The highest BCUT2D eigenvalue weighted by Crippen LogP contribution is 2.17. The van der Waals surface area contributed by atoms with E-state index in [0.29, 0.717) is 5.56 Å². The van der Waals surface area contributed by atoms with Crippen molar-refractivity contribution in [1.29, 1.82) is 0 Å². The van der Waals surface area contributed by atoms with Gasteiger partial charge in [-0.3, -0.25) is 4.79 Å². The highest BCUT2D eigenvalue weighted by molar-refractivity contribution is 6.08. The molecule has 0 aliphatic heterocycles. The van der Waals surface area contributed by atoms with E-state index in [4.69, 9.17) is 0 Å². The van der Waals surface area contributed by atoms with Gasteiger partial charge in [0, 0.05) is 24.8 Å². The van der Waals surface area contributed by atoms with Gasteiger partial charge in [-0.1, -0.05) is 54.6 Å². The average Bonchev–Trinajstić information content (AvgIpc) is 2.65. The van der Waals surface area contributed by atoms with Gasteiger partial charge in [-0.05, 0) is 47.5 Å². The molecule has 120 valence electrons. The van der Waals surface area contributed by atoms with Crippen LogP contribution < -0.4 is 4.90 Å². The molecule has 3 rings (SSSR count). The number of fused-ring (bicyclic) bond motifs is 1. The van der Waals surface area contributed by atoms with Crippen molar-refractivity contribution in [2.24, 2.45) is 0 Å². The largest absolute Gasteiger partial charge is 0.375 e. The van der Waals surface area contributed by atoms with Crippen molar-refractivity contribution < 1.29 is 4.79 Å². The van der Waals surface area contributed by atoms with E-state index < -0.39 is 0 Å². The van der Waals surface area contributed by atoms with Crippen LogP contribution in [0.15, 0.2) is 72.8 Å². The van der Waals surface area contributed by atoms with Crippen LogP contribution in [0.25, 0.3) is 16.8 Å². The first-order valence-electron chi connectivity index (χ1n) is 8.20. The van der Waals surface area contributed by atoms with E-state index in [9.17, 15) is 4.79 Å². The van der Waals surface area contributed by atoms with Crippen LogP contribution >= 0.6 is 0 Å². The van der Waals surface area contributed by atoms with Gasteiger partial charge in [0.1, 0.15) is 0 Å². The van der Waals surface area contributed by atoms with Crippen LogP contribution in [0.1, 0.15) is 22.8 Å². The normalized spacial score (nSPS) is 11.1. The van der Waals surface area contributed by atoms with Crippen molar-refractivity contribution in [1.82, 2.24) is 0 Å². The summed E-state index contributed by atoms with van der Waals surface area (Å²) >= 11 is 0. The highest BCUT2D eigenvalue weighted by Gasteiger charge is 2.03. The number of allylic oxidation sites excluding steroid dienone is 1. The van der Waals surface area contributed by atoms with Crippen LogP contribution in [0, 0.1) is 0 Å². The second-order valence-electron chi connectivity index (χ2n) is 5.87. The summed E-state index contributed by atoms with van der Waals surface area (Å²) in [5, 5.41) is 2.23. The average molecular weight is 315 g/mol. The molecule has 24 heavy (non-hydrogen) atoms. The third-order valence-corrected chi connectivity index (χ3v) is 4.27. The van der Waals surface area contributed by atoms with Gasteiger partial charge in [-0.15, -0.1) is 0 Å². The van der Waals surface area contributed by atoms with E-state index in [-0.39, 0.29) is 5.78 Å². The Morgan fingerprint density at radius 1 is 0.958 bits per heavy atom. The van der Waals surface area contributed by atoms with Crippen LogP contribution in [0.4, 0.5) is 5.69 Å². The predicted octanol–water partition coefficient (Wildman–Crippen LogP) is 5.19. The molecule has 0 aliphatic rings. The second-order valence-corrected chi connectivity index (χ2v) is 5.87. The molecule has 3 aromatic carbocycles. The van der Waals surface area contributed by atoms with Gasteiger partial charge in [-0.2, -0.15) is 0 Å². The summed E-state index contributed by atoms with van der Waals surface area (Å²) in [6.07, 6.45) is 3.51. The third kappa shape index (κ3) is 3.54. The van der Waals surface area contributed by atoms with Crippen LogP contribution in [-0.2, 0) is 0 Å². The number of hydrogen-bond acceptors (Lipinski definition) is 2. The Bertz CT molecular complexity index is 878. The van der Waals surface area contributed by atoms with Gasteiger partial charge in [-0.25, -0.2) is 0 Å². The summed E-state index contributed by atoms with van der Waals surface area (Å²) < 4.78 is 0. The zero-order valence-corrected chi connectivity index (χ0v) is 14.1. The summed E-state index contributed by atoms with van der Waals surface area (Å²) in [4.78, 5) is 14.6. The molecule has 0 heterocycles. The van der Waals surface area contributed by atoms with Crippen molar-refractivity contribution >= 4 is 28.3 Å². The zero-order chi connectivity index (χ0) is 16.9. The minimum Gasteiger partial charge on any atom is -0.375 e. The Balaban J connectivity index is 1.76. The molecular formula is C22H21NO. The minimum absolute atomic E-state index is 0.0236. The van der Waals surface area contributed by atoms with E-state index >= 15 is 0 Å². The summed E-state index contributed by atoms with van der Waals surface area (Å²) in [5.41, 5.74) is 2.92. The summed E-state index contributed by atoms with van der Waals surface area (Å²) in [5.74, 6) is 0.0236. The molecule has 0 bridgehead atoms. The van der Waals surface area contributed by atoms with Crippen molar-refractivity contribution in [3.63, 3.8) is 0 Å². The quantitative estimate of drug-likeness (QED) is 0.477. The number of carbonyl (C=O) groups excluding carboxylic acids is 1. The van der Waals surface area contributed by atoms with Crippen molar-refractivity contribution in [3.8, 4) is 0 Å². The molecule has 0 amide bonds. The van der Waals surface area contributed by atoms with Gasteiger partial charge in [0.25, 0.3) is 0 Å². The maximum Gasteiger partial charge on any atom is 0.185 e. The molecule has 0 fully saturated rings. The van der Waals surface area contributed by atoms with Crippen LogP contribution in [0.2, 0.25) is 0 Å². The van der Waals surface area contributed by atoms with Crippen LogP contribution in [0.3, 0.4) is 0 Å². The molecule has 0 saturated heterocycles. The van der Waals surface area contributed by atoms with E-state index in [0.717, 1.165) is 22.9 Å². The first-order valence-corrected chi connectivity index (χ1v) is 8.20. The SMILES string of the molecule is CCN(C)c1ccc(/C=C/C(=O)c2ccc3ccccc3c2)cc1. The van der Waals surface area contributed by atoms with Gasteiger partial charge < -0.3 is 4.90 Å². The summed E-state index contributed by atoms with van der Waals surface area (Å²) in [6, 6.07) is 22.1. The molecule has 0 spiro atoms. The van der Waals surface area contributed by atoms with Crippen LogP contribution in [0.5, 0.6) is 0 Å². The summed E-state index contributed by atoms with van der Waals surface area (Å²) in [6.45, 7) is 3.09. The number of nitrogens with zero attached hydrogens (tertiary/aromatic N) is 1. The van der Waals surface area contributed by atoms with Crippen molar-refractivity contribution in [3.05, 3.63) is 83.9 Å². The number of hydrogen-bond donors (Lipinski definition) is 0. The standard InChI is InChI=1S/C22H21NO/c1-3-23(2)21-13-8-17(9-14-21)10-15-22(24)20-12-11-18-6-4-5-7-19(18)16-20/h4-16H,3H2,1-2H3/b15-10+. The molecule has 0 saturated carbocycles. The van der Waals surface area contributed by atoms with E-state index in [2.05, 4.69) is 31.0 Å². The lowest BCUT2D eigenvalue weighted by Crippen LogP contribution is -2.15. The fourth-order valence-electron chi connectivity index (χ4n) is 2.63. The lowest BCUT2D eigenvalue weighted by atomic mass is 10.0. The maximum absolute atomic E-state index is 12.4. The molecule has 0 aromatic heterocycles. The van der Waals surface area contributed by atoms with E-state index in [1.165, 1.54) is 5.69 Å². The Kier molecular flexibility index (Phi) is 4.76. The highest BCUT2D eigenvalue weighted by atomic mass is 16.1. The predicted molar refractivity (Wildman–Crippen MR) is 103 cm³/mol. The molecule has 2 nitrogen and oxygen atoms in total. The second kappa shape index (κ2) is 7.14. The van der Waals surface area contributed by atoms with Gasteiger partial charge >= 0.3 is 0 Å². The Morgan fingerprint density at radius 2 is 1.67 bits per heavy atom. The smallest absolute Gasteiger partial charge is 0.185 e. The van der Waals surface area contributed by atoms with Crippen molar-refractivity contribution in [2.45, 2.75) is 6.92 Å². The minimum atomic E-state index is 0.0236. The van der Waals surface area contributed by atoms with E-state index in [1.807, 2.05) is 60.7 Å². The maximum atomic E-state index is 12.4. The molecule has 0 unspecified atom stereocenters. The molecular weight excluding hydrogens is 294 g/mol. The monoisotopic (exact) mass is 315 g/mol. The molecule has 3 aromatic rings. The Hall–Kier alpha value is -2.87. The number of rotatable bonds is 5. The topological polar surface area (TPSA) is 20.3 Å². The fourth-order valence-corrected chi connectivity index (χ4v) is 2.63. The third-order valence-electron chi connectivity index (χ3n) is 4.27. The van der Waals surface area contributed by atoms with Gasteiger partial charge in [0.2, 0.25) is 0 Å². The lowest BCUT2D eigenvalue weighted by molar-refractivity contribution is 0.104. The molecule has 2 heteroatoms. The fraction of sp³-hybridized carbons (Fsp3) is 0.136. The molecule has 0 aliphatic carbocycles.